The molecule has 4 aromatic rings. The summed E-state index contributed by atoms with van der Waals surface area (Å²) in [5.74, 6) is 0.398. The third-order valence-corrected chi connectivity index (χ3v) is 6.48. The summed E-state index contributed by atoms with van der Waals surface area (Å²) in [5, 5.41) is 12.9. The largest absolute Gasteiger partial charge is 0.298 e. The van der Waals surface area contributed by atoms with E-state index in [0.717, 1.165) is 27.3 Å². The molecule has 0 saturated heterocycles. The van der Waals surface area contributed by atoms with Crippen LogP contribution in [0.1, 0.15) is 54.7 Å². The van der Waals surface area contributed by atoms with Gasteiger partial charge in [0.1, 0.15) is 0 Å². The number of aromatic nitrogens is 4. The van der Waals surface area contributed by atoms with E-state index in [2.05, 4.69) is 29.2 Å². The molecule has 4 heterocycles. The molecular weight excluding hydrogens is 390 g/mol. The number of fused-ring (bicyclic) bond motifs is 1. The Balaban J connectivity index is 1.57. The van der Waals surface area contributed by atoms with E-state index in [-0.39, 0.29) is 11.9 Å². The maximum atomic E-state index is 13.1. The van der Waals surface area contributed by atoms with Gasteiger partial charge in [-0.25, -0.2) is 14.6 Å². The summed E-state index contributed by atoms with van der Waals surface area (Å²) >= 11 is 3.09. The minimum atomic E-state index is -0.176. The van der Waals surface area contributed by atoms with Crippen molar-refractivity contribution in [1.29, 1.82) is 0 Å². The van der Waals surface area contributed by atoms with Gasteiger partial charge in [-0.1, -0.05) is 6.07 Å². The van der Waals surface area contributed by atoms with Crippen molar-refractivity contribution in [2.24, 2.45) is 0 Å². The number of hydrogen-bond donors (Lipinski definition) is 1. The minimum Gasteiger partial charge on any atom is -0.298 e. The number of nitrogens with zero attached hydrogens (tertiary/aromatic N) is 4. The molecule has 1 N–H and O–H groups in total. The van der Waals surface area contributed by atoms with E-state index >= 15 is 0 Å². The summed E-state index contributed by atoms with van der Waals surface area (Å²) in [6, 6.07) is 6.00. The number of carbonyl (C=O) groups is 1. The summed E-state index contributed by atoms with van der Waals surface area (Å²) in [6.45, 7) is 4.11. The Labute approximate surface area is 170 Å². The summed E-state index contributed by atoms with van der Waals surface area (Å²) in [7, 11) is 0. The molecule has 0 spiro atoms. The Hall–Kier alpha value is -2.58. The maximum absolute atomic E-state index is 13.1. The van der Waals surface area contributed by atoms with Crippen LogP contribution in [0.2, 0.25) is 0 Å². The number of anilines is 1. The SMILES string of the molecule is CC(C)n1ncc2c(C(=O)Nc3nc(C4CC4)cs3)cc(-c3cccs3)nc21. The number of nitrogens with one attached hydrogen (secondary N) is 1. The van der Waals surface area contributed by atoms with Crippen molar-refractivity contribution in [3.05, 3.63) is 46.4 Å². The van der Waals surface area contributed by atoms with E-state index in [1.54, 1.807) is 17.5 Å². The van der Waals surface area contributed by atoms with Gasteiger partial charge < -0.3 is 0 Å². The molecule has 142 valence electrons. The third kappa shape index (κ3) is 3.12. The van der Waals surface area contributed by atoms with Gasteiger partial charge in [0.2, 0.25) is 0 Å². The van der Waals surface area contributed by atoms with E-state index in [1.165, 1.54) is 24.2 Å². The Kier molecular flexibility index (Phi) is 4.25. The highest BCUT2D eigenvalue weighted by atomic mass is 32.1. The summed E-state index contributed by atoms with van der Waals surface area (Å²) in [5.41, 5.74) is 3.17. The molecule has 1 amide bonds. The minimum absolute atomic E-state index is 0.152. The average molecular weight is 410 g/mol. The molecule has 5 rings (SSSR count). The standard InChI is InChI=1S/C20H19N5OS2/c1-11(2)25-18-14(9-21-25)13(8-15(22-18)17-4-3-7-27-17)19(26)24-20-23-16(10-28-20)12-5-6-12/h3-4,7-12H,5-6H2,1-2H3,(H,23,24,26). The Bertz CT molecular complexity index is 1150. The van der Waals surface area contributed by atoms with E-state index in [4.69, 9.17) is 4.98 Å². The second-order valence-electron chi connectivity index (χ2n) is 7.26. The van der Waals surface area contributed by atoms with Gasteiger partial charge >= 0.3 is 0 Å². The Morgan fingerprint density at radius 1 is 1.29 bits per heavy atom. The van der Waals surface area contributed by atoms with Crippen molar-refractivity contribution in [1.82, 2.24) is 19.7 Å². The zero-order valence-electron chi connectivity index (χ0n) is 15.5. The molecule has 1 aliphatic carbocycles. The van der Waals surface area contributed by atoms with Crippen LogP contribution in [0.25, 0.3) is 21.6 Å². The lowest BCUT2D eigenvalue weighted by Gasteiger charge is -2.09. The number of thiophene rings is 1. The average Bonchev–Trinajstić information content (AvgIpc) is 3.10. The zero-order valence-corrected chi connectivity index (χ0v) is 17.2. The van der Waals surface area contributed by atoms with Crippen LogP contribution in [0.4, 0.5) is 5.13 Å². The van der Waals surface area contributed by atoms with Crippen LogP contribution < -0.4 is 5.32 Å². The van der Waals surface area contributed by atoms with Crippen molar-refractivity contribution in [3.8, 4) is 10.6 Å². The lowest BCUT2D eigenvalue weighted by atomic mass is 10.1. The van der Waals surface area contributed by atoms with E-state index in [1.807, 2.05) is 33.6 Å². The van der Waals surface area contributed by atoms with Crippen molar-refractivity contribution in [2.75, 3.05) is 5.32 Å². The van der Waals surface area contributed by atoms with E-state index in [0.29, 0.717) is 16.6 Å². The van der Waals surface area contributed by atoms with Crippen molar-refractivity contribution < 1.29 is 4.79 Å². The molecule has 6 nitrogen and oxygen atoms in total. The lowest BCUT2D eigenvalue weighted by Crippen LogP contribution is -2.13. The van der Waals surface area contributed by atoms with Gasteiger partial charge in [0.15, 0.2) is 10.8 Å². The number of thiazole rings is 1. The fourth-order valence-corrected chi connectivity index (χ4v) is 4.68. The number of carbonyl (C=O) groups excluding carboxylic acids is 1. The van der Waals surface area contributed by atoms with Crippen LogP contribution in [-0.4, -0.2) is 25.7 Å². The van der Waals surface area contributed by atoms with Gasteiger partial charge in [-0.05, 0) is 44.2 Å². The van der Waals surface area contributed by atoms with Crippen LogP contribution in [0.5, 0.6) is 0 Å². The summed E-state index contributed by atoms with van der Waals surface area (Å²) in [6.07, 6.45) is 4.12. The number of hydrogen-bond acceptors (Lipinski definition) is 6. The van der Waals surface area contributed by atoms with Crippen LogP contribution in [-0.2, 0) is 0 Å². The first kappa shape index (κ1) is 17.5. The fourth-order valence-electron chi connectivity index (χ4n) is 3.21. The molecule has 4 aromatic heterocycles. The quantitative estimate of drug-likeness (QED) is 0.484. The van der Waals surface area contributed by atoms with Crippen LogP contribution in [0.15, 0.2) is 35.2 Å². The molecule has 1 fully saturated rings. The highest BCUT2D eigenvalue weighted by molar-refractivity contribution is 7.14. The van der Waals surface area contributed by atoms with Gasteiger partial charge in [-0.2, -0.15) is 5.10 Å². The van der Waals surface area contributed by atoms with E-state index in [9.17, 15) is 4.79 Å². The molecular formula is C20H19N5OS2. The molecule has 0 aliphatic heterocycles. The molecule has 0 bridgehead atoms. The van der Waals surface area contributed by atoms with Gasteiger partial charge in [0.05, 0.1) is 33.4 Å². The molecule has 0 atom stereocenters. The molecule has 0 radical (unpaired) electrons. The number of rotatable bonds is 5. The smallest absolute Gasteiger partial charge is 0.258 e. The molecule has 0 aromatic carbocycles. The van der Waals surface area contributed by atoms with Crippen molar-refractivity contribution >= 4 is 44.7 Å². The predicted molar refractivity (Wildman–Crippen MR) is 113 cm³/mol. The summed E-state index contributed by atoms with van der Waals surface area (Å²) in [4.78, 5) is 23.5. The number of amides is 1. The molecule has 8 heteroatoms. The van der Waals surface area contributed by atoms with Gasteiger partial charge in [0, 0.05) is 17.3 Å². The monoisotopic (exact) mass is 409 g/mol. The van der Waals surface area contributed by atoms with Crippen molar-refractivity contribution in [2.45, 2.75) is 38.6 Å². The first-order valence-corrected chi connectivity index (χ1v) is 11.0. The zero-order chi connectivity index (χ0) is 19.3. The van der Waals surface area contributed by atoms with Gasteiger partial charge in [-0.15, -0.1) is 22.7 Å². The fraction of sp³-hybridized carbons (Fsp3) is 0.300. The third-order valence-electron chi connectivity index (χ3n) is 4.81. The van der Waals surface area contributed by atoms with Crippen LogP contribution in [0, 0.1) is 0 Å². The molecule has 0 unspecified atom stereocenters. The molecule has 28 heavy (non-hydrogen) atoms. The topological polar surface area (TPSA) is 72.7 Å². The maximum Gasteiger partial charge on any atom is 0.258 e. The number of pyridine rings is 1. The first-order chi connectivity index (χ1) is 13.6. The van der Waals surface area contributed by atoms with Gasteiger partial charge in [0.25, 0.3) is 5.91 Å². The summed E-state index contributed by atoms with van der Waals surface area (Å²) < 4.78 is 1.86. The predicted octanol–water partition coefficient (Wildman–Crippen LogP) is 5.33. The normalized spacial score (nSPS) is 14.1. The van der Waals surface area contributed by atoms with Crippen molar-refractivity contribution in [3.63, 3.8) is 0 Å². The van der Waals surface area contributed by atoms with Crippen LogP contribution >= 0.6 is 22.7 Å². The Morgan fingerprint density at radius 3 is 2.86 bits per heavy atom. The highest BCUT2D eigenvalue weighted by Gasteiger charge is 2.26. The lowest BCUT2D eigenvalue weighted by molar-refractivity contribution is 0.102. The van der Waals surface area contributed by atoms with Crippen LogP contribution in [0.3, 0.4) is 0 Å². The van der Waals surface area contributed by atoms with E-state index < -0.39 is 0 Å². The second kappa shape index (κ2) is 6.79. The second-order valence-corrected chi connectivity index (χ2v) is 9.06. The molecule has 1 aliphatic rings. The first-order valence-electron chi connectivity index (χ1n) is 9.29. The highest BCUT2D eigenvalue weighted by Crippen LogP contribution is 2.41. The molecule has 1 saturated carbocycles. The van der Waals surface area contributed by atoms with Gasteiger partial charge in [-0.3, -0.25) is 10.1 Å². The Morgan fingerprint density at radius 2 is 2.14 bits per heavy atom.